The van der Waals surface area contributed by atoms with Crippen LogP contribution in [0.4, 0.5) is 0 Å². The molecule has 2 fully saturated rings. The second-order valence-corrected chi connectivity index (χ2v) is 7.87. The van der Waals surface area contributed by atoms with Crippen molar-refractivity contribution in [3.63, 3.8) is 0 Å². The van der Waals surface area contributed by atoms with Crippen LogP contribution in [-0.2, 0) is 19.5 Å². The third-order valence-corrected chi connectivity index (χ3v) is 5.84. The van der Waals surface area contributed by atoms with Gasteiger partial charge in [0.15, 0.2) is 0 Å². The number of carbonyl (C=O) groups is 1. The van der Waals surface area contributed by atoms with E-state index in [-0.39, 0.29) is 40.2 Å². The maximum atomic E-state index is 12.7. The van der Waals surface area contributed by atoms with Crippen molar-refractivity contribution < 1.29 is 27.4 Å². The van der Waals surface area contributed by atoms with Crippen molar-refractivity contribution in [2.45, 2.75) is 23.5 Å². The quantitative estimate of drug-likeness (QED) is 0.735. The van der Waals surface area contributed by atoms with Crippen LogP contribution in [0.15, 0.2) is 23.1 Å². The Kier molecular flexibility index (Phi) is 5.01. The Balaban J connectivity index is 1.83. The monoisotopic (exact) mass is 370 g/mol. The molecule has 1 aromatic rings. The van der Waals surface area contributed by atoms with E-state index in [4.69, 9.17) is 19.3 Å². The Labute approximate surface area is 146 Å². The highest BCUT2D eigenvalue weighted by molar-refractivity contribution is 7.89. The number of carbonyl (C=O) groups excluding carboxylic acids is 1. The summed E-state index contributed by atoms with van der Waals surface area (Å²) in [6.07, 6.45) is 0.979. The van der Waals surface area contributed by atoms with Crippen LogP contribution < -0.4 is 15.2 Å². The molecule has 1 heterocycles. The predicted molar refractivity (Wildman–Crippen MR) is 88.8 cm³/mol. The van der Waals surface area contributed by atoms with Gasteiger partial charge in [0.05, 0.1) is 30.3 Å². The molecule has 0 unspecified atom stereocenters. The average molecular weight is 370 g/mol. The van der Waals surface area contributed by atoms with Gasteiger partial charge in [-0.2, -0.15) is 0 Å². The number of rotatable bonds is 6. The van der Waals surface area contributed by atoms with E-state index < -0.39 is 15.9 Å². The average Bonchev–Trinajstić information content (AvgIpc) is 3.00. The van der Waals surface area contributed by atoms with Crippen LogP contribution in [0, 0.1) is 11.8 Å². The molecule has 4 atom stereocenters. The fraction of sp³-hybridized carbons (Fsp3) is 0.562. The number of benzene rings is 1. The Bertz CT molecular complexity index is 766. The van der Waals surface area contributed by atoms with Gasteiger partial charge in [0.1, 0.15) is 5.75 Å². The van der Waals surface area contributed by atoms with Gasteiger partial charge >= 0.3 is 0 Å². The summed E-state index contributed by atoms with van der Waals surface area (Å²) in [6, 6.07) is 3.88. The number of nitrogens with two attached hydrogens (primary N) is 1. The molecule has 0 radical (unpaired) electrons. The topological polar surface area (TPSA) is 117 Å². The maximum absolute atomic E-state index is 12.7. The zero-order chi connectivity index (χ0) is 18.2. The first-order chi connectivity index (χ1) is 11.9. The van der Waals surface area contributed by atoms with Gasteiger partial charge < -0.3 is 19.5 Å². The van der Waals surface area contributed by atoms with Gasteiger partial charge in [-0.05, 0) is 24.6 Å². The molecule has 1 saturated carbocycles. The van der Waals surface area contributed by atoms with Gasteiger partial charge in [-0.15, -0.1) is 0 Å². The van der Waals surface area contributed by atoms with Crippen molar-refractivity contribution in [2.75, 3.05) is 27.4 Å². The summed E-state index contributed by atoms with van der Waals surface area (Å²) in [5.41, 5.74) is 0.132. The molecule has 9 heteroatoms. The van der Waals surface area contributed by atoms with Gasteiger partial charge in [-0.3, -0.25) is 4.79 Å². The highest BCUT2D eigenvalue weighted by Crippen LogP contribution is 2.44. The lowest BCUT2D eigenvalue weighted by Crippen LogP contribution is -2.62. The number of fused-ring (bicyclic) bond motifs is 1. The molecule has 3 rings (SSSR count). The lowest BCUT2D eigenvalue weighted by molar-refractivity contribution is -0.0809. The number of amides is 1. The molecule has 0 bridgehead atoms. The van der Waals surface area contributed by atoms with E-state index in [1.54, 1.807) is 7.11 Å². The highest BCUT2D eigenvalue weighted by Gasteiger charge is 2.54. The first kappa shape index (κ1) is 18.1. The summed E-state index contributed by atoms with van der Waals surface area (Å²) in [7, 11) is -0.885. The normalized spacial score (nSPS) is 28.1. The van der Waals surface area contributed by atoms with Gasteiger partial charge in [-0.25, -0.2) is 13.6 Å². The Morgan fingerprint density at radius 2 is 2.16 bits per heavy atom. The van der Waals surface area contributed by atoms with Gasteiger partial charge in [0.25, 0.3) is 5.91 Å². The molecule has 1 saturated heterocycles. The summed E-state index contributed by atoms with van der Waals surface area (Å²) in [4.78, 5) is 12.6. The highest BCUT2D eigenvalue weighted by atomic mass is 32.2. The minimum Gasteiger partial charge on any atom is -0.496 e. The van der Waals surface area contributed by atoms with E-state index in [2.05, 4.69) is 5.32 Å². The number of ether oxygens (including phenoxy) is 3. The van der Waals surface area contributed by atoms with Gasteiger partial charge in [0.2, 0.25) is 10.0 Å². The van der Waals surface area contributed by atoms with Crippen LogP contribution in [0.5, 0.6) is 5.75 Å². The van der Waals surface area contributed by atoms with E-state index in [0.29, 0.717) is 13.2 Å². The number of hydrogen-bond donors (Lipinski definition) is 2. The van der Waals surface area contributed by atoms with E-state index in [1.165, 1.54) is 25.3 Å². The molecule has 1 aliphatic heterocycles. The summed E-state index contributed by atoms with van der Waals surface area (Å²) < 4.78 is 39.2. The molecule has 0 spiro atoms. The number of sulfonamides is 1. The molecule has 138 valence electrons. The molecule has 2 aliphatic rings. The van der Waals surface area contributed by atoms with E-state index >= 15 is 0 Å². The zero-order valence-electron chi connectivity index (χ0n) is 14.1. The molecular formula is C16H22N2O6S. The second kappa shape index (κ2) is 6.91. The summed E-state index contributed by atoms with van der Waals surface area (Å²) in [5.74, 6) is 0.205. The number of primary sulfonamides is 1. The SMILES string of the molecule is COC[C@@H]1[C@H](NC(=O)c2cc(S(N)(=O)=O)ccc2OC)[C@@H]2CCO[C@H]12. The summed E-state index contributed by atoms with van der Waals surface area (Å²) in [6.45, 7) is 1.16. The van der Waals surface area contributed by atoms with Crippen LogP contribution in [0.25, 0.3) is 0 Å². The van der Waals surface area contributed by atoms with Crippen molar-refractivity contribution in [3.05, 3.63) is 23.8 Å². The largest absolute Gasteiger partial charge is 0.496 e. The Morgan fingerprint density at radius 1 is 1.40 bits per heavy atom. The van der Waals surface area contributed by atoms with Crippen LogP contribution in [0.2, 0.25) is 0 Å². The van der Waals surface area contributed by atoms with Gasteiger partial charge in [-0.1, -0.05) is 0 Å². The summed E-state index contributed by atoms with van der Waals surface area (Å²) >= 11 is 0. The van der Waals surface area contributed by atoms with Crippen LogP contribution in [-0.4, -0.2) is 53.9 Å². The van der Waals surface area contributed by atoms with Crippen molar-refractivity contribution in [1.82, 2.24) is 5.32 Å². The Morgan fingerprint density at radius 3 is 2.80 bits per heavy atom. The van der Waals surface area contributed by atoms with Crippen LogP contribution in [0.3, 0.4) is 0 Å². The van der Waals surface area contributed by atoms with Crippen molar-refractivity contribution >= 4 is 15.9 Å². The zero-order valence-corrected chi connectivity index (χ0v) is 14.9. The summed E-state index contributed by atoms with van der Waals surface area (Å²) in [5, 5.41) is 8.13. The first-order valence-corrected chi connectivity index (χ1v) is 9.53. The minimum absolute atomic E-state index is 0.0777. The number of methoxy groups -OCH3 is 2. The van der Waals surface area contributed by atoms with Crippen LogP contribution in [0.1, 0.15) is 16.8 Å². The van der Waals surface area contributed by atoms with Crippen molar-refractivity contribution in [3.8, 4) is 5.75 Å². The van der Waals surface area contributed by atoms with Crippen molar-refractivity contribution in [1.29, 1.82) is 0 Å². The molecule has 25 heavy (non-hydrogen) atoms. The minimum atomic E-state index is -3.91. The van der Waals surface area contributed by atoms with E-state index in [0.717, 1.165) is 6.42 Å². The molecular weight excluding hydrogens is 348 g/mol. The third kappa shape index (κ3) is 3.37. The standard InChI is InChI=1S/C16H22N2O6S/c1-22-8-12-14(10-5-6-24-15(10)12)18-16(19)11-7-9(25(17,20)21)3-4-13(11)23-2/h3-4,7,10,12,14-15H,5-6,8H2,1-2H3,(H,18,19)(H2,17,20,21)/t10-,12+,14+,15-/m0/s1. The van der Waals surface area contributed by atoms with E-state index in [9.17, 15) is 13.2 Å². The lowest BCUT2D eigenvalue weighted by atomic mass is 9.67. The number of hydrogen-bond acceptors (Lipinski definition) is 6. The predicted octanol–water partition coefficient (Wildman–Crippen LogP) is 0.122. The van der Waals surface area contributed by atoms with Gasteiger partial charge in [0, 0.05) is 31.6 Å². The van der Waals surface area contributed by atoms with Crippen molar-refractivity contribution in [2.24, 2.45) is 17.0 Å². The van der Waals surface area contributed by atoms with Crippen LogP contribution >= 0.6 is 0 Å². The first-order valence-electron chi connectivity index (χ1n) is 7.99. The molecule has 3 N–H and O–H groups in total. The number of nitrogens with one attached hydrogen (secondary N) is 1. The maximum Gasteiger partial charge on any atom is 0.255 e. The Hall–Kier alpha value is -1.68. The smallest absolute Gasteiger partial charge is 0.255 e. The van der Waals surface area contributed by atoms with E-state index in [1.807, 2.05) is 0 Å². The molecule has 1 aromatic carbocycles. The molecule has 1 aliphatic carbocycles. The third-order valence-electron chi connectivity index (χ3n) is 4.93. The molecule has 1 amide bonds. The molecule has 0 aromatic heterocycles. The lowest BCUT2D eigenvalue weighted by Gasteiger charge is -2.47. The fourth-order valence-corrected chi connectivity index (χ4v) is 4.24. The fourth-order valence-electron chi connectivity index (χ4n) is 3.71. The molecule has 8 nitrogen and oxygen atoms in total. The second-order valence-electron chi connectivity index (χ2n) is 6.31.